The van der Waals surface area contributed by atoms with Crippen LogP contribution in [0.25, 0.3) is 10.9 Å². The van der Waals surface area contributed by atoms with Gasteiger partial charge >= 0.3 is 0 Å². The van der Waals surface area contributed by atoms with E-state index in [4.69, 9.17) is 5.21 Å². The van der Waals surface area contributed by atoms with Gasteiger partial charge in [0.2, 0.25) is 0 Å². The molecule has 2 N–H and O–H groups in total. The van der Waals surface area contributed by atoms with Crippen molar-refractivity contribution in [3.05, 3.63) is 77.5 Å². The van der Waals surface area contributed by atoms with Crippen LogP contribution in [0.3, 0.4) is 0 Å². The Hall–Kier alpha value is -3.05. The standard InChI is InChI=1S/C18H14N2O3/c21-17(13-4-2-1-3-5-13)9-12-6-7-16-14(8-12)10-15(11-19-16)18(22)20-23/h1-8,10-11,23H,9H2,(H,20,22). The number of benzene rings is 2. The molecule has 0 spiro atoms. The number of amides is 1. The Kier molecular flexibility index (Phi) is 4.12. The maximum absolute atomic E-state index is 12.3. The van der Waals surface area contributed by atoms with Crippen LogP contribution in [0.4, 0.5) is 0 Å². The third-order valence-electron chi connectivity index (χ3n) is 3.57. The lowest BCUT2D eigenvalue weighted by atomic mass is 10.0. The molecule has 3 rings (SSSR count). The number of fused-ring (bicyclic) bond motifs is 1. The number of hydrogen-bond acceptors (Lipinski definition) is 4. The van der Waals surface area contributed by atoms with Gasteiger partial charge in [0.1, 0.15) is 0 Å². The lowest BCUT2D eigenvalue weighted by Gasteiger charge is -2.05. The minimum atomic E-state index is -0.620. The minimum Gasteiger partial charge on any atom is -0.294 e. The lowest BCUT2D eigenvalue weighted by Crippen LogP contribution is -2.18. The maximum Gasteiger partial charge on any atom is 0.276 e. The third-order valence-corrected chi connectivity index (χ3v) is 3.57. The lowest BCUT2D eigenvalue weighted by molar-refractivity contribution is 0.0706. The van der Waals surface area contributed by atoms with Gasteiger partial charge in [0, 0.05) is 23.6 Å². The van der Waals surface area contributed by atoms with Gasteiger partial charge in [0.15, 0.2) is 5.78 Å². The summed E-state index contributed by atoms with van der Waals surface area (Å²) in [5.41, 5.74) is 4.06. The first-order valence-corrected chi connectivity index (χ1v) is 7.09. The molecule has 0 saturated carbocycles. The van der Waals surface area contributed by atoms with Crippen molar-refractivity contribution in [2.24, 2.45) is 0 Å². The zero-order chi connectivity index (χ0) is 16.2. The zero-order valence-corrected chi connectivity index (χ0v) is 12.2. The molecule has 0 aliphatic heterocycles. The van der Waals surface area contributed by atoms with Gasteiger partial charge in [-0.25, -0.2) is 5.48 Å². The fourth-order valence-corrected chi connectivity index (χ4v) is 2.39. The van der Waals surface area contributed by atoms with E-state index < -0.39 is 5.91 Å². The molecule has 0 radical (unpaired) electrons. The number of pyridine rings is 1. The van der Waals surface area contributed by atoms with Crippen LogP contribution in [0.5, 0.6) is 0 Å². The quantitative estimate of drug-likeness (QED) is 0.441. The van der Waals surface area contributed by atoms with Crippen LogP contribution >= 0.6 is 0 Å². The van der Waals surface area contributed by atoms with Crippen molar-refractivity contribution in [1.29, 1.82) is 0 Å². The molecule has 0 atom stereocenters. The van der Waals surface area contributed by atoms with Crippen molar-refractivity contribution in [3.8, 4) is 0 Å². The summed E-state index contributed by atoms with van der Waals surface area (Å²) in [5, 5.41) is 9.43. The molecule has 1 heterocycles. The summed E-state index contributed by atoms with van der Waals surface area (Å²) in [6.45, 7) is 0. The second-order valence-corrected chi connectivity index (χ2v) is 5.16. The van der Waals surface area contributed by atoms with E-state index in [-0.39, 0.29) is 17.8 Å². The maximum atomic E-state index is 12.3. The van der Waals surface area contributed by atoms with Gasteiger partial charge in [-0.05, 0) is 23.8 Å². The van der Waals surface area contributed by atoms with Crippen LogP contribution < -0.4 is 5.48 Å². The fourth-order valence-electron chi connectivity index (χ4n) is 2.39. The van der Waals surface area contributed by atoms with E-state index in [1.807, 2.05) is 36.4 Å². The predicted octanol–water partition coefficient (Wildman–Crippen LogP) is 2.78. The molecular formula is C18H14N2O3. The monoisotopic (exact) mass is 306 g/mol. The highest BCUT2D eigenvalue weighted by Crippen LogP contribution is 2.17. The third kappa shape index (κ3) is 3.25. The van der Waals surface area contributed by atoms with E-state index in [9.17, 15) is 9.59 Å². The number of ketones is 1. The average Bonchev–Trinajstić information content (AvgIpc) is 2.61. The highest BCUT2D eigenvalue weighted by molar-refractivity contribution is 5.99. The molecule has 0 bridgehead atoms. The van der Waals surface area contributed by atoms with Crippen LogP contribution in [0.2, 0.25) is 0 Å². The van der Waals surface area contributed by atoms with Crippen LogP contribution in [0.15, 0.2) is 60.8 Å². The molecule has 3 aromatic rings. The van der Waals surface area contributed by atoms with Crippen LogP contribution in [0.1, 0.15) is 26.3 Å². The summed E-state index contributed by atoms with van der Waals surface area (Å²) < 4.78 is 0. The van der Waals surface area contributed by atoms with E-state index >= 15 is 0 Å². The van der Waals surface area contributed by atoms with Crippen molar-refractivity contribution >= 4 is 22.6 Å². The largest absolute Gasteiger partial charge is 0.294 e. The molecule has 23 heavy (non-hydrogen) atoms. The summed E-state index contributed by atoms with van der Waals surface area (Å²) in [6.07, 6.45) is 1.67. The Morgan fingerprint density at radius 3 is 2.52 bits per heavy atom. The van der Waals surface area contributed by atoms with Crippen LogP contribution in [-0.2, 0) is 6.42 Å². The number of nitrogens with one attached hydrogen (secondary N) is 1. The van der Waals surface area contributed by atoms with Gasteiger partial charge in [0.25, 0.3) is 5.91 Å². The van der Waals surface area contributed by atoms with E-state index in [1.54, 1.807) is 23.7 Å². The molecule has 0 fully saturated rings. The van der Waals surface area contributed by atoms with Gasteiger partial charge in [-0.2, -0.15) is 0 Å². The molecular weight excluding hydrogens is 292 g/mol. The Morgan fingerprint density at radius 1 is 1.00 bits per heavy atom. The van der Waals surface area contributed by atoms with E-state index in [0.29, 0.717) is 5.56 Å². The number of hydroxylamine groups is 1. The first-order valence-electron chi connectivity index (χ1n) is 7.09. The first-order chi connectivity index (χ1) is 11.2. The Morgan fingerprint density at radius 2 is 1.78 bits per heavy atom. The normalized spacial score (nSPS) is 10.5. The minimum absolute atomic E-state index is 0.0298. The summed E-state index contributed by atoms with van der Waals surface area (Å²) in [7, 11) is 0. The molecule has 1 aromatic heterocycles. The summed E-state index contributed by atoms with van der Waals surface area (Å²) in [5.74, 6) is -0.590. The Labute approximate surface area is 132 Å². The predicted molar refractivity (Wildman–Crippen MR) is 85.5 cm³/mol. The number of hydrogen-bond donors (Lipinski definition) is 2. The molecule has 5 nitrogen and oxygen atoms in total. The Balaban J connectivity index is 1.90. The van der Waals surface area contributed by atoms with Crippen LogP contribution in [0, 0.1) is 0 Å². The fraction of sp³-hybridized carbons (Fsp3) is 0.0556. The van der Waals surface area contributed by atoms with Gasteiger partial charge in [-0.1, -0.05) is 36.4 Å². The topological polar surface area (TPSA) is 79.3 Å². The van der Waals surface area contributed by atoms with Gasteiger partial charge < -0.3 is 0 Å². The second kappa shape index (κ2) is 6.37. The van der Waals surface area contributed by atoms with E-state index in [1.165, 1.54) is 6.20 Å². The van der Waals surface area contributed by atoms with Crippen LogP contribution in [-0.4, -0.2) is 21.9 Å². The van der Waals surface area contributed by atoms with E-state index in [2.05, 4.69) is 4.98 Å². The van der Waals surface area contributed by atoms with Crippen molar-refractivity contribution in [2.75, 3.05) is 0 Å². The highest BCUT2D eigenvalue weighted by atomic mass is 16.5. The number of rotatable bonds is 4. The van der Waals surface area contributed by atoms with Gasteiger partial charge in [0.05, 0.1) is 11.1 Å². The summed E-state index contributed by atoms with van der Waals surface area (Å²) in [4.78, 5) is 27.9. The molecule has 114 valence electrons. The molecule has 5 heteroatoms. The van der Waals surface area contributed by atoms with Crippen molar-refractivity contribution in [3.63, 3.8) is 0 Å². The van der Waals surface area contributed by atoms with Crippen molar-refractivity contribution in [1.82, 2.24) is 10.5 Å². The number of carbonyl (C=O) groups is 2. The molecule has 0 saturated heterocycles. The Bertz CT molecular complexity index is 876. The van der Waals surface area contributed by atoms with E-state index in [0.717, 1.165) is 16.5 Å². The molecule has 0 aliphatic carbocycles. The number of Topliss-reactive ketones (excluding diaryl/α,β-unsaturated/α-hetero) is 1. The average molecular weight is 306 g/mol. The molecule has 0 aliphatic rings. The number of carbonyl (C=O) groups excluding carboxylic acids is 2. The summed E-state index contributed by atoms with van der Waals surface area (Å²) in [6, 6.07) is 16.2. The second-order valence-electron chi connectivity index (χ2n) is 5.16. The highest BCUT2D eigenvalue weighted by Gasteiger charge is 2.09. The summed E-state index contributed by atoms with van der Waals surface area (Å²) >= 11 is 0. The van der Waals surface area contributed by atoms with Crippen molar-refractivity contribution < 1.29 is 14.8 Å². The first kappa shape index (κ1) is 14.9. The molecule has 2 aromatic carbocycles. The number of aromatic nitrogens is 1. The van der Waals surface area contributed by atoms with Crippen molar-refractivity contribution in [2.45, 2.75) is 6.42 Å². The van der Waals surface area contributed by atoms with Gasteiger partial charge in [-0.15, -0.1) is 0 Å². The smallest absolute Gasteiger partial charge is 0.276 e. The molecule has 1 amide bonds. The zero-order valence-electron chi connectivity index (χ0n) is 12.2. The van der Waals surface area contributed by atoms with Gasteiger partial charge in [-0.3, -0.25) is 19.8 Å². The molecule has 0 unspecified atom stereocenters. The SMILES string of the molecule is O=C(Cc1ccc2ncc(C(=O)NO)cc2c1)c1ccccc1. The number of nitrogens with zero attached hydrogens (tertiary/aromatic N) is 1.